The number of methoxy groups -OCH3 is 1. The fourth-order valence-electron chi connectivity index (χ4n) is 2.66. The van der Waals surface area contributed by atoms with Gasteiger partial charge in [0.25, 0.3) is 0 Å². The van der Waals surface area contributed by atoms with E-state index in [2.05, 4.69) is 30.3 Å². The van der Waals surface area contributed by atoms with Crippen molar-refractivity contribution in [1.82, 2.24) is 15.1 Å². The van der Waals surface area contributed by atoms with Gasteiger partial charge >= 0.3 is 0 Å². The highest BCUT2D eigenvalue weighted by Gasteiger charge is 2.16. The molecule has 22 heavy (non-hydrogen) atoms. The molecule has 1 atom stereocenters. The Balaban J connectivity index is 2.12. The van der Waals surface area contributed by atoms with Crippen LogP contribution in [0.3, 0.4) is 0 Å². The quantitative estimate of drug-likeness (QED) is 0.824. The van der Waals surface area contributed by atoms with E-state index in [4.69, 9.17) is 4.74 Å². The first kappa shape index (κ1) is 16.5. The number of nitrogens with zero attached hydrogens (tertiary/aromatic N) is 2. The second-order valence-corrected chi connectivity index (χ2v) is 5.42. The minimum Gasteiger partial charge on any atom is -0.481 e. The van der Waals surface area contributed by atoms with Gasteiger partial charge in [-0.3, -0.25) is 0 Å². The lowest BCUT2D eigenvalue weighted by Gasteiger charge is -2.15. The van der Waals surface area contributed by atoms with Gasteiger partial charge in [-0.2, -0.15) is 5.10 Å². The van der Waals surface area contributed by atoms with Crippen LogP contribution in [0.15, 0.2) is 24.3 Å². The monoisotopic (exact) mass is 303 g/mol. The summed E-state index contributed by atoms with van der Waals surface area (Å²) < 4.78 is 7.25. The van der Waals surface area contributed by atoms with Gasteiger partial charge in [0.05, 0.1) is 25.0 Å². The Kier molecular flexibility index (Phi) is 5.57. The predicted molar refractivity (Wildman–Crippen MR) is 86.8 cm³/mol. The molecular formula is C17H25N3O2. The van der Waals surface area contributed by atoms with Crippen molar-refractivity contribution in [3.8, 4) is 5.88 Å². The van der Waals surface area contributed by atoms with Crippen LogP contribution in [0.1, 0.15) is 42.3 Å². The van der Waals surface area contributed by atoms with Gasteiger partial charge in [0.15, 0.2) is 0 Å². The third kappa shape index (κ3) is 3.48. The minimum atomic E-state index is 0.0664. The number of hydrogen-bond donors (Lipinski definition) is 2. The molecule has 0 aliphatic carbocycles. The summed E-state index contributed by atoms with van der Waals surface area (Å²) in [5.74, 6) is 0.806. The van der Waals surface area contributed by atoms with Crippen LogP contribution >= 0.6 is 0 Å². The summed E-state index contributed by atoms with van der Waals surface area (Å²) in [6.07, 6.45) is 0.878. The smallest absolute Gasteiger partial charge is 0.216 e. The molecule has 0 bridgehead atoms. The molecule has 1 unspecified atom stereocenters. The summed E-state index contributed by atoms with van der Waals surface area (Å²) >= 11 is 0. The van der Waals surface area contributed by atoms with Crippen molar-refractivity contribution in [1.29, 1.82) is 0 Å². The maximum atomic E-state index is 9.24. The van der Waals surface area contributed by atoms with E-state index in [0.717, 1.165) is 34.7 Å². The highest BCUT2D eigenvalue weighted by Crippen LogP contribution is 2.23. The van der Waals surface area contributed by atoms with Crippen LogP contribution in [0.2, 0.25) is 0 Å². The first-order valence-electron chi connectivity index (χ1n) is 7.62. The number of aromatic nitrogens is 2. The maximum absolute atomic E-state index is 9.24. The van der Waals surface area contributed by atoms with Crippen LogP contribution in [0, 0.1) is 0 Å². The number of aliphatic hydroxyl groups is 1. The van der Waals surface area contributed by atoms with Crippen LogP contribution < -0.4 is 10.1 Å². The molecule has 2 rings (SSSR count). The predicted octanol–water partition coefficient (Wildman–Crippen LogP) is 2.33. The topological polar surface area (TPSA) is 59.3 Å². The Labute approximate surface area is 131 Å². The Morgan fingerprint density at radius 1 is 1.41 bits per heavy atom. The largest absolute Gasteiger partial charge is 0.481 e. The van der Waals surface area contributed by atoms with Gasteiger partial charge in [-0.1, -0.05) is 31.2 Å². The standard InChI is InChI=1S/C17H25N3O2/c1-5-16-15(17(22-4)20(3)19-16)10-18-12(2)14-8-6-7-13(9-14)11-21/h6-9,12,18,21H,5,10-11H2,1-4H3. The lowest BCUT2D eigenvalue weighted by Crippen LogP contribution is -2.19. The lowest BCUT2D eigenvalue weighted by molar-refractivity contribution is 0.281. The number of ether oxygens (including phenoxy) is 1. The van der Waals surface area contributed by atoms with E-state index in [9.17, 15) is 5.11 Å². The first-order valence-corrected chi connectivity index (χ1v) is 7.62. The van der Waals surface area contributed by atoms with Gasteiger partial charge < -0.3 is 15.2 Å². The van der Waals surface area contributed by atoms with Crippen molar-refractivity contribution in [3.05, 3.63) is 46.6 Å². The molecule has 0 aliphatic heterocycles. The van der Waals surface area contributed by atoms with E-state index in [1.54, 1.807) is 11.8 Å². The molecule has 5 heteroatoms. The first-order chi connectivity index (χ1) is 10.6. The summed E-state index contributed by atoms with van der Waals surface area (Å²) in [4.78, 5) is 0. The molecule has 5 nitrogen and oxygen atoms in total. The van der Waals surface area contributed by atoms with Crippen molar-refractivity contribution >= 4 is 0 Å². The van der Waals surface area contributed by atoms with Crippen molar-refractivity contribution in [2.75, 3.05) is 7.11 Å². The van der Waals surface area contributed by atoms with Crippen molar-refractivity contribution in [2.45, 2.75) is 39.5 Å². The molecule has 0 aliphatic rings. The zero-order chi connectivity index (χ0) is 16.1. The molecule has 2 aromatic rings. The number of rotatable bonds is 7. The number of aryl methyl sites for hydroxylation is 2. The minimum absolute atomic E-state index is 0.0664. The van der Waals surface area contributed by atoms with E-state index in [0.29, 0.717) is 6.54 Å². The molecule has 0 saturated heterocycles. The highest BCUT2D eigenvalue weighted by molar-refractivity contribution is 5.32. The van der Waals surface area contributed by atoms with Crippen molar-refractivity contribution < 1.29 is 9.84 Å². The van der Waals surface area contributed by atoms with Crippen LogP contribution in [0.5, 0.6) is 5.88 Å². The fourth-order valence-corrected chi connectivity index (χ4v) is 2.66. The van der Waals surface area contributed by atoms with Crippen LogP contribution in [0.25, 0.3) is 0 Å². The Bertz CT molecular complexity index is 622. The van der Waals surface area contributed by atoms with Gasteiger partial charge in [0.2, 0.25) is 5.88 Å². The van der Waals surface area contributed by atoms with Crippen LogP contribution in [-0.4, -0.2) is 22.0 Å². The summed E-state index contributed by atoms with van der Waals surface area (Å²) in [5, 5.41) is 17.3. The second-order valence-electron chi connectivity index (χ2n) is 5.42. The number of benzene rings is 1. The van der Waals surface area contributed by atoms with E-state index in [1.807, 2.05) is 25.2 Å². The summed E-state index contributed by atoms with van der Waals surface area (Å²) in [5.41, 5.74) is 4.26. The molecule has 0 fully saturated rings. The molecule has 1 aromatic carbocycles. The molecule has 0 spiro atoms. The van der Waals surface area contributed by atoms with Gasteiger partial charge in [0.1, 0.15) is 0 Å². The zero-order valence-electron chi connectivity index (χ0n) is 13.8. The number of nitrogens with one attached hydrogen (secondary N) is 1. The van der Waals surface area contributed by atoms with E-state index in [-0.39, 0.29) is 12.6 Å². The van der Waals surface area contributed by atoms with Crippen LogP contribution in [-0.2, 0) is 26.6 Å². The molecule has 2 N–H and O–H groups in total. The normalized spacial score (nSPS) is 12.4. The Hall–Kier alpha value is -1.85. The molecule has 1 aromatic heterocycles. The van der Waals surface area contributed by atoms with Gasteiger partial charge in [-0.15, -0.1) is 0 Å². The van der Waals surface area contributed by atoms with Crippen molar-refractivity contribution in [2.24, 2.45) is 7.05 Å². The molecule has 0 saturated carbocycles. The third-order valence-corrected chi connectivity index (χ3v) is 3.92. The zero-order valence-corrected chi connectivity index (χ0v) is 13.8. The van der Waals surface area contributed by atoms with Gasteiger partial charge in [0, 0.05) is 19.6 Å². The second kappa shape index (κ2) is 7.42. The molecular weight excluding hydrogens is 278 g/mol. The molecule has 0 radical (unpaired) electrons. The number of aliphatic hydroxyl groups excluding tert-OH is 1. The van der Waals surface area contributed by atoms with Crippen LogP contribution in [0.4, 0.5) is 0 Å². The molecule has 120 valence electrons. The summed E-state index contributed by atoms with van der Waals surface area (Å²) in [7, 11) is 3.57. The highest BCUT2D eigenvalue weighted by atomic mass is 16.5. The maximum Gasteiger partial charge on any atom is 0.216 e. The third-order valence-electron chi connectivity index (χ3n) is 3.92. The lowest BCUT2D eigenvalue weighted by atomic mass is 10.0. The van der Waals surface area contributed by atoms with Gasteiger partial charge in [-0.05, 0) is 24.5 Å². The SMILES string of the molecule is CCc1nn(C)c(OC)c1CNC(C)c1cccc(CO)c1. The Morgan fingerprint density at radius 2 is 2.18 bits per heavy atom. The van der Waals surface area contributed by atoms with Gasteiger partial charge in [-0.25, -0.2) is 4.68 Å². The van der Waals surface area contributed by atoms with E-state index in [1.165, 1.54) is 0 Å². The average Bonchev–Trinajstić information content (AvgIpc) is 2.87. The van der Waals surface area contributed by atoms with E-state index < -0.39 is 0 Å². The number of hydrogen-bond acceptors (Lipinski definition) is 4. The average molecular weight is 303 g/mol. The van der Waals surface area contributed by atoms with Crippen molar-refractivity contribution in [3.63, 3.8) is 0 Å². The molecule has 1 heterocycles. The van der Waals surface area contributed by atoms with E-state index >= 15 is 0 Å². The summed E-state index contributed by atoms with van der Waals surface area (Å²) in [6, 6.07) is 8.18. The molecule has 0 amide bonds. The summed E-state index contributed by atoms with van der Waals surface area (Å²) in [6.45, 7) is 4.98. The fraction of sp³-hybridized carbons (Fsp3) is 0.471. The Morgan fingerprint density at radius 3 is 2.82 bits per heavy atom.